The first-order valence-electron chi connectivity index (χ1n) is 11.0. The zero-order valence-electron chi connectivity index (χ0n) is 18.7. The van der Waals surface area contributed by atoms with Crippen molar-refractivity contribution in [3.8, 4) is 0 Å². The maximum atomic E-state index is 13.1. The Labute approximate surface area is 199 Å². The monoisotopic (exact) mass is 486 g/mol. The van der Waals surface area contributed by atoms with Crippen LogP contribution < -0.4 is 5.32 Å². The Morgan fingerprint density at radius 1 is 1.06 bits per heavy atom. The number of aromatic nitrogens is 2. The van der Waals surface area contributed by atoms with Gasteiger partial charge in [-0.2, -0.15) is 9.40 Å². The molecule has 174 valence electrons. The normalized spacial score (nSPS) is 14.9. The van der Waals surface area contributed by atoms with Crippen molar-refractivity contribution in [2.24, 2.45) is 0 Å². The van der Waals surface area contributed by atoms with E-state index in [9.17, 15) is 13.2 Å². The summed E-state index contributed by atoms with van der Waals surface area (Å²) in [6, 6.07) is 14.5. The minimum Gasteiger partial charge on any atom is -0.322 e. The van der Waals surface area contributed by atoms with Crippen LogP contribution in [0.2, 0.25) is 5.15 Å². The van der Waals surface area contributed by atoms with Crippen molar-refractivity contribution in [2.75, 3.05) is 18.4 Å². The molecule has 1 aromatic heterocycles. The molecule has 1 fully saturated rings. The third-order valence-corrected chi connectivity index (χ3v) is 8.16. The molecule has 0 saturated carbocycles. The lowest BCUT2D eigenvalue weighted by Crippen LogP contribution is -2.35. The molecule has 9 heteroatoms. The summed E-state index contributed by atoms with van der Waals surface area (Å²) in [5.41, 5.74) is 2.98. The second kappa shape index (κ2) is 9.67. The number of sulfonamides is 1. The van der Waals surface area contributed by atoms with Crippen LogP contribution in [0.25, 0.3) is 0 Å². The SMILES string of the molecule is Cc1ccc(S(=O)(=O)N2CCCCC2)cc1NC(=O)c1c(C)nn(Cc2ccccc2)c1Cl. The van der Waals surface area contributed by atoms with E-state index in [1.165, 1.54) is 10.4 Å². The van der Waals surface area contributed by atoms with Crippen molar-refractivity contribution in [1.29, 1.82) is 0 Å². The number of halogens is 1. The van der Waals surface area contributed by atoms with Gasteiger partial charge in [0, 0.05) is 18.8 Å². The Hall–Kier alpha value is -2.68. The van der Waals surface area contributed by atoms with E-state index in [2.05, 4.69) is 10.4 Å². The number of hydrogen-bond acceptors (Lipinski definition) is 4. The number of amides is 1. The molecule has 2 aromatic carbocycles. The highest BCUT2D eigenvalue weighted by Gasteiger charge is 2.27. The number of piperidine rings is 1. The average Bonchev–Trinajstić information content (AvgIpc) is 3.09. The van der Waals surface area contributed by atoms with Gasteiger partial charge in [-0.15, -0.1) is 0 Å². The molecule has 1 aliphatic heterocycles. The summed E-state index contributed by atoms with van der Waals surface area (Å²) in [4.78, 5) is 13.3. The van der Waals surface area contributed by atoms with Crippen molar-refractivity contribution in [2.45, 2.75) is 44.6 Å². The van der Waals surface area contributed by atoms with Gasteiger partial charge in [0.05, 0.1) is 22.7 Å². The molecular formula is C24H27ClN4O3S. The number of carbonyl (C=O) groups is 1. The third kappa shape index (κ3) is 4.98. The van der Waals surface area contributed by atoms with E-state index >= 15 is 0 Å². The predicted molar refractivity (Wildman–Crippen MR) is 129 cm³/mol. The van der Waals surface area contributed by atoms with Gasteiger partial charge in [-0.05, 0) is 49.9 Å². The number of hydrogen-bond donors (Lipinski definition) is 1. The predicted octanol–water partition coefficient (Wildman–Crippen LogP) is 4.63. The minimum atomic E-state index is -3.61. The highest BCUT2D eigenvalue weighted by molar-refractivity contribution is 7.89. The van der Waals surface area contributed by atoms with Crippen LogP contribution in [0.3, 0.4) is 0 Å². The molecule has 1 amide bonds. The molecule has 1 aliphatic rings. The van der Waals surface area contributed by atoms with Crippen molar-refractivity contribution < 1.29 is 13.2 Å². The van der Waals surface area contributed by atoms with Crippen molar-refractivity contribution in [3.05, 3.63) is 76.1 Å². The van der Waals surface area contributed by atoms with Gasteiger partial charge in [-0.1, -0.05) is 54.4 Å². The number of nitrogens with zero attached hydrogens (tertiary/aromatic N) is 3. The molecule has 1 N–H and O–H groups in total. The average molecular weight is 487 g/mol. The van der Waals surface area contributed by atoms with Crippen LogP contribution in [-0.4, -0.2) is 41.5 Å². The molecule has 0 spiro atoms. The summed E-state index contributed by atoms with van der Waals surface area (Å²) < 4.78 is 29.2. The van der Waals surface area contributed by atoms with Gasteiger partial charge in [0.2, 0.25) is 10.0 Å². The molecule has 0 unspecified atom stereocenters. The minimum absolute atomic E-state index is 0.174. The van der Waals surface area contributed by atoms with Crippen molar-refractivity contribution in [3.63, 3.8) is 0 Å². The zero-order valence-corrected chi connectivity index (χ0v) is 20.3. The summed E-state index contributed by atoms with van der Waals surface area (Å²) in [7, 11) is -3.61. The third-order valence-electron chi connectivity index (χ3n) is 5.88. The topological polar surface area (TPSA) is 84.3 Å². The molecule has 2 heterocycles. The largest absolute Gasteiger partial charge is 0.322 e. The Bertz CT molecular complexity index is 1270. The second-order valence-corrected chi connectivity index (χ2v) is 10.6. The Morgan fingerprint density at radius 3 is 2.45 bits per heavy atom. The Balaban J connectivity index is 1.58. The van der Waals surface area contributed by atoms with E-state index in [0.717, 1.165) is 30.4 Å². The lowest BCUT2D eigenvalue weighted by molar-refractivity contribution is 0.102. The summed E-state index contributed by atoms with van der Waals surface area (Å²) >= 11 is 6.52. The first kappa shape index (κ1) is 23.5. The molecule has 1 saturated heterocycles. The molecule has 0 radical (unpaired) electrons. The highest BCUT2D eigenvalue weighted by Crippen LogP contribution is 2.27. The summed E-state index contributed by atoms with van der Waals surface area (Å²) in [5.74, 6) is -0.424. The van der Waals surface area contributed by atoms with E-state index in [0.29, 0.717) is 31.0 Å². The van der Waals surface area contributed by atoms with Gasteiger partial charge in [0.1, 0.15) is 5.15 Å². The maximum Gasteiger partial charge on any atom is 0.260 e. The van der Waals surface area contributed by atoms with Crippen LogP contribution in [0.1, 0.15) is 46.4 Å². The van der Waals surface area contributed by atoms with Gasteiger partial charge in [0.15, 0.2) is 0 Å². The summed E-state index contributed by atoms with van der Waals surface area (Å²) in [6.45, 7) is 5.03. The van der Waals surface area contributed by atoms with E-state index < -0.39 is 15.9 Å². The van der Waals surface area contributed by atoms with Gasteiger partial charge >= 0.3 is 0 Å². The van der Waals surface area contributed by atoms with Crippen LogP contribution in [0, 0.1) is 13.8 Å². The molecule has 0 bridgehead atoms. The molecule has 4 rings (SSSR count). The number of aryl methyl sites for hydroxylation is 2. The summed E-state index contributed by atoms with van der Waals surface area (Å²) in [5, 5.41) is 7.51. The first-order chi connectivity index (χ1) is 15.8. The molecular weight excluding hydrogens is 460 g/mol. The van der Waals surface area contributed by atoms with Gasteiger partial charge in [-0.25, -0.2) is 13.1 Å². The van der Waals surface area contributed by atoms with Crippen LogP contribution in [0.4, 0.5) is 5.69 Å². The number of nitrogens with one attached hydrogen (secondary N) is 1. The van der Waals surface area contributed by atoms with Crippen LogP contribution in [-0.2, 0) is 16.6 Å². The van der Waals surface area contributed by atoms with Crippen LogP contribution >= 0.6 is 11.6 Å². The molecule has 0 atom stereocenters. The van der Waals surface area contributed by atoms with Crippen LogP contribution in [0.15, 0.2) is 53.4 Å². The molecule has 3 aromatic rings. The lowest BCUT2D eigenvalue weighted by atomic mass is 10.2. The Kier molecular flexibility index (Phi) is 6.88. The molecule has 0 aliphatic carbocycles. The standard InChI is InChI=1S/C24H27ClN4O3S/c1-17-11-12-20(33(31,32)28-13-7-4-8-14-28)15-21(17)26-24(30)22-18(2)27-29(23(22)25)16-19-9-5-3-6-10-19/h3,5-6,9-12,15H,4,7-8,13-14,16H2,1-2H3,(H,26,30). The van der Waals surface area contributed by atoms with Crippen molar-refractivity contribution in [1.82, 2.24) is 14.1 Å². The first-order valence-corrected chi connectivity index (χ1v) is 12.8. The van der Waals surface area contributed by atoms with E-state index in [-0.39, 0.29) is 15.6 Å². The van der Waals surface area contributed by atoms with Crippen LogP contribution in [0.5, 0.6) is 0 Å². The molecule has 33 heavy (non-hydrogen) atoms. The summed E-state index contributed by atoms with van der Waals surface area (Å²) in [6.07, 6.45) is 2.76. The maximum absolute atomic E-state index is 13.1. The van der Waals surface area contributed by atoms with Crippen molar-refractivity contribution >= 4 is 33.2 Å². The fourth-order valence-corrected chi connectivity index (χ4v) is 5.87. The number of benzene rings is 2. The van der Waals surface area contributed by atoms with Gasteiger partial charge in [0.25, 0.3) is 5.91 Å². The lowest BCUT2D eigenvalue weighted by Gasteiger charge is -2.26. The smallest absolute Gasteiger partial charge is 0.260 e. The zero-order chi connectivity index (χ0) is 23.6. The van der Waals surface area contributed by atoms with E-state index in [4.69, 9.17) is 11.6 Å². The quantitative estimate of drug-likeness (QED) is 0.550. The fraction of sp³-hybridized carbons (Fsp3) is 0.333. The number of carbonyl (C=O) groups excluding carboxylic acids is 1. The van der Waals surface area contributed by atoms with Gasteiger partial charge < -0.3 is 5.32 Å². The van der Waals surface area contributed by atoms with E-state index in [1.54, 1.807) is 23.7 Å². The van der Waals surface area contributed by atoms with Gasteiger partial charge in [-0.3, -0.25) is 4.79 Å². The number of rotatable bonds is 6. The highest BCUT2D eigenvalue weighted by atomic mass is 35.5. The molecule has 7 nitrogen and oxygen atoms in total. The fourth-order valence-electron chi connectivity index (χ4n) is 4.01. The van der Waals surface area contributed by atoms with E-state index in [1.807, 2.05) is 37.3 Å². The second-order valence-electron chi connectivity index (χ2n) is 8.29. The Morgan fingerprint density at radius 2 is 1.76 bits per heavy atom. The number of anilines is 1.